The molecule has 0 aromatic carbocycles. The van der Waals surface area contributed by atoms with Crippen molar-refractivity contribution in [2.24, 2.45) is 5.73 Å². The summed E-state index contributed by atoms with van der Waals surface area (Å²) in [5.74, 6) is -0.0122. The second kappa shape index (κ2) is 5.59. The quantitative estimate of drug-likeness (QED) is 0.865. The lowest BCUT2D eigenvalue weighted by atomic mass is 10.2. The van der Waals surface area contributed by atoms with Gasteiger partial charge in [0.2, 0.25) is 0 Å². The monoisotopic (exact) mass is 262 g/mol. The number of rotatable bonds is 5. The zero-order valence-electron chi connectivity index (χ0n) is 9.96. The number of carbonyl (C=O) groups is 1. The van der Waals surface area contributed by atoms with Crippen molar-refractivity contribution in [1.82, 2.24) is 9.97 Å². The van der Waals surface area contributed by atoms with Gasteiger partial charge in [-0.05, 0) is 17.9 Å². The van der Waals surface area contributed by atoms with Crippen molar-refractivity contribution in [1.29, 1.82) is 0 Å². The third-order valence-electron chi connectivity index (χ3n) is 2.50. The summed E-state index contributed by atoms with van der Waals surface area (Å²) < 4.78 is 0. The third kappa shape index (κ3) is 2.84. The Morgan fingerprint density at radius 2 is 2.39 bits per heavy atom. The zero-order chi connectivity index (χ0) is 13.0. The normalized spacial score (nSPS) is 12.1. The number of primary amides is 1. The molecule has 1 unspecified atom stereocenters. The van der Waals surface area contributed by atoms with Crippen LogP contribution in [0.5, 0.6) is 0 Å². The first-order valence-electron chi connectivity index (χ1n) is 5.62. The molecule has 2 aromatic heterocycles. The number of anilines is 1. The van der Waals surface area contributed by atoms with Crippen molar-refractivity contribution < 1.29 is 4.79 Å². The molecule has 2 heterocycles. The highest BCUT2D eigenvalue weighted by Gasteiger charge is 2.12. The molecule has 2 rings (SSSR count). The Labute approximate surface area is 109 Å². The van der Waals surface area contributed by atoms with Crippen molar-refractivity contribution in [2.75, 3.05) is 5.32 Å². The molecule has 0 radical (unpaired) electrons. The highest BCUT2D eigenvalue weighted by molar-refractivity contribution is 7.10. The first-order chi connectivity index (χ1) is 8.70. The molecule has 0 fully saturated rings. The van der Waals surface area contributed by atoms with Crippen LogP contribution in [-0.4, -0.2) is 15.9 Å². The van der Waals surface area contributed by atoms with Gasteiger partial charge in [0.15, 0.2) is 0 Å². The fourth-order valence-electron chi connectivity index (χ4n) is 1.60. The largest absolute Gasteiger partial charge is 0.364 e. The van der Waals surface area contributed by atoms with Gasteiger partial charge in [0.25, 0.3) is 5.91 Å². The summed E-state index contributed by atoms with van der Waals surface area (Å²) in [6.45, 7) is 2.09. The van der Waals surface area contributed by atoms with Crippen LogP contribution in [0.1, 0.15) is 34.8 Å². The van der Waals surface area contributed by atoms with E-state index in [0.717, 1.165) is 6.42 Å². The van der Waals surface area contributed by atoms with Crippen molar-refractivity contribution in [3.63, 3.8) is 0 Å². The molecule has 0 spiro atoms. The van der Waals surface area contributed by atoms with Gasteiger partial charge >= 0.3 is 0 Å². The van der Waals surface area contributed by atoms with E-state index >= 15 is 0 Å². The number of carbonyl (C=O) groups excluding carboxylic acids is 1. The molecular weight excluding hydrogens is 248 g/mol. The Morgan fingerprint density at radius 1 is 1.56 bits per heavy atom. The summed E-state index contributed by atoms with van der Waals surface area (Å²) in [5.41, 5.74) is 5.34. The molecule has 0 aliphatic carbocycles. The van der Waals surface area contributed by atoms with Crippen LogP contribution in [0.4, 0.5) is 5.82 Å². The van der Waals surface area contributed by atoms with E-state index in [0.29, 0.717) is 5.82 Å². The Balaban J connectivity index is 2.17. The minimum atomic E-state index is -0.574. The number of hydrogen-bond acceptors (Lipinski definition) is 5. The number of nitrogens with one attached hydrogen (secondary N) is 1. The maximum absolute atomic E-state index is 11.0. The van der Waals surface area contributed by atoms with Gasteiger partial charge < -0.3 is 11.1 Å². The highest BCUT2D eigenvalue weighted by Crippen LogP contribution is 2.25. The number of amides is 1. The van der Waals surface area contributed by atoms with Crippen LogP contribution in [0, 0.1) is 0 Å². The van der Waals surface area contributed by atoms with Crippen molar-refractivity contribution in [2.45, 2.75) is 19.4 Å². The van der Waals surface area contributed by atoms with Crippen molar-refractivity contribution in [3.05, 3.63) is 40.5 Å². The second-order valence-corrected chi connectivity index (χ2v) is 4.75. The number of aromatic nitrogens is 2. The summed E-state index contributed by atoms with van der Waals surface area (Å²) >= 11 is 1.68. The van der Waals surface area contributed by atoms with E-state index < -0.39 is 5.91 Å². The minimum absolute atomic E-state index is 0.168. The van der Waals surface area contributed by atoms with E-state index in [2.05, 4.69) is 28.3 Å². The molecule has 3 N–H and O–H groups in total. The molecule has 2 aromatic rings. The van der Waals surface area contributed by atoms with E-state index in [1.165, 1.54) is 11.1 Å². The van der Waals surface area contributed by atoms with Crippen LogP contribution in [0.15, 0.2) is 29.9 Å². The van der Waals surface area contributed by atoms with Crippen LogP contribution >= 0.6 is 11.3 Å². The maximum Gasteiger partial charge on any atom is 0.268 e. The van der Waals surface area contributed by atoms with E-state index in [1.807, 2.05) is 11.4 Å². The number of hydrogen-bond donors (Lipinski definition) is 2. The van der Waals surface area contributed by atoms with Crippen LogP contribution in [0.2, 0.25) is 0 Å². The van der Waals surface area contributed by atoms with Gasteiger partial charge in [-0.15, -0.1) is 11.3 Å². The summed E-state index contributed by atoms with van der Waals surface area (Å²) in [5, 5.41) is 5.29. The maximum atomic E-state index is 11.0. The van der Waals surface area contributed by atoms with Gasteiger partial charge in [-0.3, -0.25) is 9.78 Å². The van der Waals surface area contributed by atoms with Gasteiger partial charge in [-0.2, -0.15) is 0 Å². The van der Waals surface area contributed by atoms with Crippen molar-refractivity contribution in [3.8, 4) is 0 Å². The van der Waals surface area contributed by atoms with Gasteiger partial charge in [0, 0.05) is 4.88 Å². The van der Waals surface area contributed by atoms with Crippen LogP contribution in [0.3, 0.4) is 0 Å². The molecule has 0 saturated heterocycles. The van der Waals surface area contributed by atoms with Gasteiger partial charge in [0.05, 0.1) is 18.4 Å². The van der Waals surface area contributed by atoms with Crippen LogP contribution in [0.25, 0.3) is 0 Å². The third-order valence-corrected chi connectivity index (χ3v) is 3.49. The number of thiophene rings is 1. The lowest BCUT2D eigenvalue weighted by Gasteiger charge is -2.15. The summed E-state index contributed by atoms with van der Waals surface area (Å²) in [4.78, 5) is 20.3. The second-order valence-electron chi connectivity index (χ2n) is 3.77. The summed E-state index contributed by atoms with van der Waals surface area (Å²) in [7, 11) is 0. The van der Waals surface area contributed by atoms with Crippen molar-refractivity contribution >= 4 is 23.1 Å². The lowest BCUT2D eigenvalue weighted by molar-refractivity contribution is 0.0995. The Kier molecular flexibility index (Phi) is 3.88. The van der Waals surface area contributed by atoms with Gasteiger partial charge in [0.1, 0.15) is 11.5 Å². The fraction of sp³-hybridized carbons (Fsp3) is 0.250. The fourth-order valence-corrected chi connectivity index (χ4v) is 2.46. The Bertz CT molecular complexity index is 527. The first kappa shape index (κ1) is 12.5. The first-order valence-corrected chi connectivity index (χ1v) is 6.50. The van der Waals surface area contributed by atoms with Gasteiger partial charge in [-0.25, -0.2) is 4.98 Å². The minimum Gasteiger partial charge on any atom is -0.364 e. The standard InChI is InChI=1S/C12H14N4OS/c1-2-8(10-4-3-5-18-10)15-11-7-14-6-9(16-11)12(13)17/h3-8H,2H2,1H3,(H2,13,17)(H,15,16). The Hall–Kier alpha value is -1.95. The predicted molar refractivity (Wildman–Crippen MR) is 71.5 cm³/mol. The topological polar surface area (TPSA) is 80.9 Å². The van der Waals surface area contributed by atoms with E-state index in [9.17, 15) is 4.79 Å². The van der Waals surface area contributed by atoms with E-state index in [1.54, 1.807) is 17.5 Å². The molecular formula is C12H14N4OS. The van der Waals surface area contributed by atoms with Gasteiger partial charge in [-0.1, -0.05) is 13.0 Å². The number of nitrogens with two attached hydrogens (primary N) is 1. The smallest absolute Gasteiger partial charge is 0.268 e. The van der Waals surface area contributed by atoms with E-state index in [4.69, 9.17) is 5.73 Å². The number of nitrogens with zero attached hydrogens (tertiary/aromatic N) is 2. The molecule has 0 aliphatic rings. The average Bonchev–Trinajstić information content (AvgIpc) is 2.90. The molecule has 0 aliphatic heterocycles. The molecule has 0 saturated carbocycles. The highest BCUT2D eigenvalue weighted by atomic mass is 32.1. The molecule has 94 valence electrons. The lowest BCUT2D eigenvalue weighted by Crippen LogP contribution is -2.16. The summed E-state index contributed by atoms with van der Waals surface area (Å²) in [6.07, 6.45) is 3.87. The summed E-state index contributed by atoms with van der Waals surface area (Å²) in [6, 6.07) is 4.25. The van der Waals surface area contributed by atoms with E-state index in [-0.39, 0.29) is 11.7 Å². The molecule has 1 amide bonds. The molecule has 0 bridgehead atoms. The molecule has 6 heteroatoms. The Morgan fingerprint density at radius 3 is 3.00 bits per heavy atom. The molecule has 1 atom stereocenters. The molecule has 5 nitrogen and oxygen atoms in total. The molecule has 18 heavy (non-hydrogen) atoms. The van der Waals surface area contributed by atoms with Crippen LogP contribution in [-0.2, 0) is 0 Å². The predicted octanol–water partition coefficient (Wildman–Crippen LogP) is 2.20. The SMILES string of the molecule is CCC(Nc1cncc(C(N)=O)n1)c1cccs1. The van der Waals surface area contributed by atoms with Crippen LogP contribution < -0.4 is 11.1 Å². The average molecular weight is 262 g/mol. The zero-order valence-corrected chi connectivity index (χ0v) is 10.8.